The monoisotopic (exact) mass is 449 g/mol. The first kappa shape index (κ1) is 21.6. The second-order valence-electron chi connectivity index (χ2n) is 7.76. The number of aryl methyl sites for hydroxylation is 3. The third-order valence-electron chi connectivity index (χ3n) is 5.73. The summed E-state index contributed by atoms with van der Waals surface area (Å²) in [5.74, 6) is -1.29. The Balaban J connectivity index is 2.00. The van der Waals surface area contributed by atoms with Crippen LogP contribution >= 0.6 is 11.3 Å². The van der Waals surface area contributed by atoms with E-state index < -0.39 is 17.7 Å². The molecule has 32 heavy (non-hydrogen) atoms. The third kappa shape index (κ3) is 3.35. The molecule has 1 saturated heterocycles. The first-order chi connectivity index (χ1) is 15.3. The number of carbonyl (C=O) groups excluding carboxylic acids is 2. The van der Waals surface area contributed by atoms with Crippen molar-refractivity contribution in [1.29, 1.82) is 0 Å². The van der Waals surface area contributed by atoms with Crippen LogP contribution in [0.15, 0.2) is 53.4 Å². The van der Waals surface area contributed by atoms with E-state index in [1.54, 1.807) is 37.4 Å². The zero-order valence-electron chi connectivity index (χ0n) is 18.2. The normalized spacial score (nSPS) is 17.8. The molecule has 0 radical (unpaired) electrons. The maximum Gasteiger partial charge on any atom is 0.300 e. The lowest BCUT2D eigenvalue weighted by atomic mass is 9.95. The maximum absolute atomic E-state index is 13.2. The average molecular weight is 450 g/mol. The van der Waals surface area contributed by atoms with Crippen molar-refractivity contribution >= 4 is 34.5 Å². The van der Waals surface area contributed by atoms with Crippen LogP contribution in [-0.2, 0) is 9.59 Å². The minimum atomic E-state index is -0.856. The van der Waals surface area contributed by atoms with E-state index in [0.29, 0.717) is 16.9 Å². The number of aliphatic hydroxyl groups is 1. The van der Waals surface area contributed by atoms with Gasteiger partial charge in [-0.25, -0.2) is 0 Å². The summed E-state index contributed by atoms with van der Waals surface area (Å²) in [7, 11) is 1.57. The summed E-state index contributed by atoms with van der Waals surface area (Å²) in [6.07, 6.45) is 0. The van der Waals surface area contributed by atoms with E-state index in [1.165, 1.54) is 22.3 Å². The Hall–Kier alpha value is -3.58. The van der Waals surface area contributed by atoms with Crippen molar-refractivity contribution in [2.45, 2.75) is 26.8 Å². The van der Waals surface area contributed by atoms with E-state index in [9.17, 15) is 19.8 Å². The highest BCUT2D eigenvalue weighted by molar-refractivity contribution is 7.10. The highest BCUT2D eigenvalue weighted by Gasteiger charge is 2.48. The van der Waals surface area contributed by atoms with Gasteiger partial charge < -0.3 is 14.9 Å². The van der Waals surface area contributed by atoms with Crippen LogP contribution in [0.4, 0.5) is 5.69 Å². The average Bonchev–Trinajstić information content (AvgIpc) is 3.30. The van der Waals surface area contributed by atoms with E-state index in [4.69, 9.17) is 4.74 Å². The zero-order chi connectivity index (χ0) is 23.2. The number of Topliss-reactive ketones (excluding diaryl/α,β-unsaturated/α-hetero) is 1. The molecule has 2 aromatic carbocycles. The molecule has 7 heteroatoms. The molecular formula is C25H23NO5S. The summed E-state index contributed by atoms with van der Waals surface area (Å²) in [5, 5.41) is 23.7. The van der Waals surface area contributed by atoms with Crippen LogP contribution in [0.1, 0.15) is 33.2 Å². The number of thiophene rings is 1. The van der Waals surface area contributed by atoms with E-state index in [0.717, 1.165) is 16.0 Å². The number of methoxy groups -OCH3 is 1. The van der Waals surface area contributed by atoms with E-state index in [2.05, 4.69) is 0 Å². The van der Waals surface area contributed by atoms with Crippen LogP contribution in [0.3, 0.4) is 0 Å². The van der Waals surface area contributed by atoms with Gasteiger partial charge in [-0.2, -0.15) is 0 Å². The van der Waals surface area contributed by atoms with Crippen LogP contribution in [0.5, 0.6) is 11.5 Å². The maximum atomic E-state index is 13.2. The fourth-order valence-electron chi connectivity index (χ4n) is 4.07. The predicted octanol–water partition coefficient (Wildman–Crippen LogP) is 5.01. The van der Waals surface area contributed by atoms with Crippen molar-refractivity contribution in [3.8, 4) is 11.5 Å². The van der Waals surface area contributed by atoms with E-state index in [1.807, 2.05) is 32.2 Å². The summed E-state index contributed by atoms with van der Waals surface area (Å²) < 4.78 is 5.35. The number of amides is 1. The Morgan fingerprint density at radius 2 is 1.75 bits per heavy atom. The summed E-state index contributed by atoms with van der Waals surface area (Å²) in [4.78, 5) is 28.4. The van der Waals surface area contributed by atoms with Crippen molar-refractivity contribution in [2.75, 3.05) is 12.0 Å². The number of hydrogen-bond donors (Lipinski definition) is 2. The Kier molecular flexibility index (Phi) is 5.52. The molecule has 0 spiro atoms. The van der Waals surface area contributed by atoms with E-state index >= 15 is 0 Å². The second kappa shape index (κ2) is 8.16. The van der Waals surface area contributed by atoms with Gasteiger partial charge in [0.05, 0.1) is 18.4 Å². The van der Waals surface area contributed by atoms with Crippen molar-refractivity contribution < 1.29 is 24.5 Å². The first-order valence-electron chi connectivity index (χ1n) is 10.0. The second-order valence-corrected chi connectivity index (χ2v) is 8.71. The fourth-order valence-corrected chi connectivity index (χ4v) is 5.10. The molecule has 0 saturated carbocycles. The molecule has 164 valence electrons. The van der Waals surface area contributed by atoms with Gasteiger partial charge in [0.15, 0.2) is 0 Å². The number of ether oxygens (including phenoxy) is 1. The number of rotatable bonds is 4. The molecule has 1 fully saturated rings. The molecule has 1 atom stereocenters. The molecule has 1 aliphatic heterocycles. The molecule has 2 N–H and O–H groups in total. The molecule has 6 nitrogen and oxygen atoms in total. The highest BCUT2D eigenvalue weighted by Crippen LogP contribution is 2.47. The number of anilines is 1. The Morgan fingerprint density at radius 1 is 1.03 bits per heavy atom. The number of nitrogens with zero attached hydrogens (tertiary/aromatic N) is 1. The number of carbonyl (C=O) groups is 2. The Bertz CT molecular complexity index is 1270. The van der Waals surface area contributed by atoms with Gasteiger partial charge in [-0.3, -0.25) is 14.5 Å². The number of aromatic hydroxyl groups is 1. The van der Waals surface area contributed by atoms with Gasteiger partial charge in [0.1, 0.15) is 23.3 Å². The van der Waals surface area contributed by atoms with Crippen LogP contribution in [0.25, 0.3) is 5.76 Å². The molecular weight excluding hydrogens is 426 g/mol. The standard InChI is InChI=1S/C25H23NO5S/c1-13-9-10-32-24(13)21-20(22(28)16-11-15(3)19(31-4)12-14(16)2)23(29)25(30)26(21)17-7-5-6-8-18(17)27/h5-12,21,27-28H,1-4H3/b22-20+. The van der Waals surface area contributed by atoms with Gasteiger partial charge in [0, 0.05) is 10.4 Å². The number of phenolic OH excluding ortho intramolecular Hbond substituents is 1. The smallest absolute Gasteiger partial charge is 0.300 e. The summed E-state index contributed by atoms with van der Waals surface area (Å²) in [5.41, 5.74) is 3.05. The van der Waals surface area contributed by atoms with E-state index in [-0.39, 0.29) is 22.8 Å². The van der Waals surface area contributed by atoms with Gasteiger partial charge in [-0.15, -0.1) is 11.3 Å². The molecule has 3 aromatic rings. The largest absolute Gasteiger partial charge is 0.507 e. The summed E-state index contributed by atoms with van der Waals surface area (Å²) >= 11 is 1.39. The number of ketones is 1. The number of hydrogen-bond acceptors (Lipinski definition) is 6. The van der Waals surface area contributed by atoms with Crippen LogP contribution in [-0.4, -0.2) is 29.0 Å². The van der Waals surface area contributed by atoms with Crippen LogP contribution < -0.4 is 9.64 Å². The molecule has 0 aliphatic carbocycles. The molecule has 2 heterocycles. The van der Waals surface area contributed by atoms with Crippen LogP contribution in [0.2, 0.25) is 0 Å². The predicted molar refractivity (Wildman–Crippen MR) is 124 cm³/mol. The van der Waals surface area contributed by atoms with Crippen molar-refractivity contribution in [2.24, 2.45) is 0 Å². The molecule has 1 aromatic heterocycles. The summed E-state index contributed by atoms with van der Waals surface area (Å²) in [6.45, 7) is 5.54. The van der Waals surface area contributed by atoms with Gasteiger partial charge in [0.2, 0.25) is 0 Å². The zero-order valence-corrected chi connectivity index (χ0v) is 19.0. The lowest BCUT2D eigenvalue weighted by Gasteiger charge is -2.25. The molecule has 1 unspecified atom stereocenters. The van der Waals surface area contributed by atoms with Crippen molar-refractivity contribution in [3.05, 3.63) is 80.5 Å². The SMILES string of the molecule is COc1cc(C)c(/C(O)=C2\C(=O)C(=O)N(c3ccccc3O)C2c2sccc2C)cc1C. The van der Waals surface area contributed by atoms with Crippen molar-refractivity contribution in [1.82, 2.24) is 0 Å². The Morgan fingerprint density at radius 3 is 2.38 bits per heavy atom. The van der Waals surface area contributed by atoms with Gasteiger partial charge in [0.25, 0.3) is 11.7 Å². The Labute approximate surface area is 190 Å². The molecule has 4 rings (SSSR count). The van der Waals surface area contributed by atoms with Gasteiger partial charge in [-0.1, -0.05) is 12.1 Å². The minimum Gasteiger partial charge on any atom is -0.507 e. The fraction of sp³-hybridized carbons (Fsp3) is 0.200. The lowest BCUT2D eigenvalue weighted by Crippen LogP contribution is -2.29. The lowest BCUT2D eigenvalue weighted by molar-refractivity contribution is -0.132. The number of benzene rings is 2. The topological polar surface area (TPSA) is 87.1 Å². The number of aliphatic hydroxyl groups excluding tert-OH is 1. The third-order valence-corrected chi connectivity index (χ3v) is 6.80. The molecule has 1 aliphatic rings. The van der Waals surface area contributed by atoms with Crippen LogP contribution in [0, 0.1) is 20.8 Å². The quantitative estimate of drug-likeness (QED) is 0.332. The first-order valence-corrected chi connectivity index (χ1v) is 10.9. The van der Waals surface area contributed by atoms with Gasteiger partial charge in [-0.05, 0) is 73.2 Å². The van der Waals surface area contributed by atoms with Crippen molar-refractivity contribution in [3.63, 3.8) is 0 Å². The number of para-hydroxylation sites is 2. The number of phenols is 1. The molecule has 1 amide bonds. The van der Waals surface area contributed by atoms with Gasteiger partial charge >= 0.3 is 0 Å². The highest BCUT2D eigenvalue weighted by atomic mass is 32.1. The summed E-state index contributed by atoms with van der Waals surface area (Å²) in [6, 6.07) is 10.9. The minimum absolute atomic E-state index is 0.00327. The molecule has 0 bridgehead atoms.